The Balaban J connectivity index is 0.000000313. The third-order valence-corrected chi connectivity index (χ3v) is 6.12. The lowest BCUT2D eigenvalue weighted by Gasteiger charge is -2.33. The summed E-state index contributed by atoms with van der Waals surface area (Å²) in [6.07, 6.45) is 3.79. The second-order valence-electron chi connectivity index (χ2n) is 8.06. The SMILES string of the molecule is COc1cccc2c1CC(NC(=O)N1CCC3(CCOCC3)C1)=N2.c1ccccc1. The van der Waals surface area contributed by atoms with Crippen LogP contribution in [0, 0.1) is 5.41 Å². The number of nitrogens with one attached hydrogen (secondary N) is 1. The molecule has 2 saturated heterocycles. The standard InChI is InChI=1S/C18H23N3O3.C6H6/c1-23-15-4-2-3-14-13(15)11-16(19-14)20-17(22)21-8-5-18(12-21)6-9-24-10-7-18;1-2-4-6-5-3-1/h2-4H,5-12H2,1H3,(H,19,20,22);1-6H. The molecule has 3 aliphatic heterocycles. The van der Waals surface area contributed by atoms with Crippen molar-refractivity contribution in [2.75, 3.05) is 33.4 Å². The number of ether oxygens (including phenoxy) is 2. The van der Waals surface area contributed by atoms with Gasteiger partial charge in [-0.05, 0) is 36.8 Å². The molecule has 0 radical (unpaired) electrons. The van der Waals surface area contributed by atoms with Crippen LogP contribution >= 0.6 is 0 Å². The molecule has 0 bridgehead atoms. The molecular weight excluding hydrogens is 378 g/mol. The fourth-order valence-corrected chi connectivity index (χ4v) is 4.36. The number of benzene rings is 2. The molecule has 30 heavy (non-hydrogen) atoms. The molecule has 0 atom stereocenters. The average Bonchev–Trinajstić information content (AvgIpc) is 3.39. The van der Waals surface area contributed by atoms with E-state index < -0.39 is 0 Å². The van der Waals surface area contributed by atoms with Crippen molar-refractivity contribution < 1.29 is 14.3 Å². The summed E-state index contributed by atoms with van der Waals surface area (Å²) in [5, 5.41) is 2.99. The predicted octanol–water partition coefficient (Wildman–Crippen LogP) is 4.18. The first-order valence-electron chi connectivity index (χ1n) is 10.6. The van der Waals surface area contributed by atoms with Gasteiger partial charge in [-0.1, -0.05) is 42.5 Å². The molecule has 2 amide bonds. The Morgan fingerprint density at radius 2 is 1.77 bits per heavy atom. The first-order valence-corrected chi connectivity index (χ1v) is 10.6. The summed E-state index contributed by atoms with van der Waals surface area (Å²) in [5.74, 6) is 1.52. The lowest BCUT2D eigenvalue weighted by molar-refractivity contribution is 0.0209. The second kappa shape index (κ2) is 9.30. The molecule has 6 nitrogen and oxygen atoms in total. The number of carbonyl (C=O) groups excluding carboxylic acids is 1. The average molecular weight is 408 g/mol. The van der Waals surface area contributed by atoms with Crippen LogP contribution in [-0.4, -0.2) is 50.2 Å². The minimum absolute atomic E-state index is 0.0381. The van der Waals surface area contributed by atoms with Gasteiger partial charge in [0, 0.05) is 38.3 Å². The Bertz CT molecular complexity index is 865. The number of carbonyl (C=O) groups is 1. The van der Waals surface area contributed by atoms with Crippen molar-refractivity contribution in [1.29, 1.82) is 0 Å². The van der Waals surface area contributed by atoms with Crippen LogP contribution < -0.4 is 10.1 Å². The normalized spacial score (nSPS) is 18.8. The van der Waals surface area contributed by atoms with Gasteiger partial charge in [0.2, 0.25) is 0 Å². The van der Waals surface area contributed by atoms with Crippen molar-refractivity contribution >= 4 is 17.6 Å². The molecule has 6 heteroatoms. The van der Waals surface area contributed by atoms with Crippen LogP contribution in [0.1, 0.15) is 24.8 Å². The van der Waals surface area contributed by atoms with E-state index in [1.807, 2.05) is 59.5 Å². The zero-order valence-corrected chi connectivity index (χ0v) is 17.5. The highest BCUT2D eigenvalue weighted by atomic mass is 16.5. The molecule has 2 fully saturated rings. The number of rotatable bonds is 1. The summed E-state index contributed by atoms with van der Waals surface area (Å²) in [7, 11) is 1.66. The summed E-state index contributed by atoms with van der Waals surface area (Å²) in [5.41, 5.74) is 2.18. The van der Waals surface area contributed by atoms with Crippen LogP contribution in [0.4, 0.5) is 10.5 Å². The van der Waals surface area contributed by atoms with Gasteiger partial charge in [0.1, 0.15) is 11.6 Å². The highest BCUT2D eigenvalue weighted by Crippen LogP contribution is 2.39. The number of amides is 2. The molecule has 0 aliphatic carbocycles. The Morgan fingerprint density at radius 1 is 1.07 bits per heavy atom. The van der Waals surface area contributed by atoms with E-state index in [1.54, 1.807) is 7.11 Å². The molecule has 0 aromatic heterocycles. The fraction of sp³-hybridized carbons (Fsp3) is 0.417. The van der Waals surface area contributed by atoms with E-state index in [0.717, 1.165) is 62.6 Å². The molecule has 5 rings (SSSR count). The monoisotopic (exact) mass is 407 g/mol. The molecule has 0 saturated carbocycles. The molecule has 1 spiro atoms. The Morgan fingerprint density at radius 3 is 2.43 bits per heavy atom. The third-order valence-electron chi connectivity index (χ3n) is 6.12. The van der Waals surface area contributed by atoms with Crippen LogP contribution in [0.2, 0.25) is 0 Å². The minimum Gasteiger partial charge on any atom is -0.496 e. The summed E-state index contributed by atoms with van der Waals surface area (Å²) < 4.78 is 10.8. The number of hydrogen-bond donors (Lipinski definition) is 1. The van der Waals surface area contributed by atoms with E-state index in [2.05, 4.69) is 10.3 Å². The Hall–Kier alpha value is -2.86. The first kappa shape index (κ1) is 20.4. The number of aliphatic imine (C=N–C) groups is 1. The first-order chi connectivity index (χ1) is 14.7. The highest BCUT2D eigenvalue weighted by Gasteiger charge is 2.41. The van der Waals surface area contributed by atoms with Crippen molar-refractivity contribution in [3.8, 4) is 5.75 Å². The van der Waals surface area contributed by atoms with Gasteiger partial charge in [-0.25, -0.2) is 9.79 Å². The summed E-state index contributed by atoms with van der Waals surface area (Å²) in [6, 6.07) is 17.8. The topological polar surface area (TPSA) is 63.2 Å². The van der Waals surface area contributed by atoms with E-state index in [0.29, 0.717) is 12.3 Å². The van der Waals surface area contributed by atoms with E-state index in [4.69, 9.17) is 9.47 Å². The Labute approximate surface area is 177 Å². The van der Waals surface area contributed by atoms with Crippen molar-refractivity contribution in [1.82, 2.24) is 10.2 Å². The number of hydrogen-bond acceptors (Lipinski definition) is 4. The van der Waals surface area contributed by atoms with Crippen molar-refractivity contribution in [3.63, 3.8) is 0 Å². The largest absolute Gasteiger partial charge is 0.496 e. The predicted molar refractivity (Wildman–Crippen MR) is 117 cm³/mol. The number of likely N-dealkylation sites (tertiary alicyclic amines) is 1. The quantitative estimate of drug-likeness (QED) is 0.771. The molecule has 3 aliphatic rings. The summed E-state index contributed by atoms with van der Waals surface area (Å²) >= 11 is 0. The van der Waals surface area contributed by atoms with Crippen LogP contribution in [-0.2, 0) is 11.2 Å². The van der Waals surface area contributed by atoms with E-state index in [9.17, 15) is 4.79 Å². The molecule has 158 valence electrons. The maximum atomic E-state index is 12.6. The van der Waals surface area contributed by atoms with E-state index in [1.165, 1.54) is 0 Å². The maximum absolute atomic E-state index is 12.6. The molecule has 1 N–H and O–H groups in total. The number of urea groups is 1. The zero-order chi connectivity index (χ0) is 20.8. The molecule has 3 heterocycles. The van der Waals surface area contributed by atoms with Gasteiger partial charge in [0.25, 0.3) is 0 Å². The minimum atomic E-state index is -0.0381. The maximum Gasteiger partial charge on any atom is 0.322 e. The number of nitrogens with zero attached hydrogens (tertiary/aromatic N) is 2. The third kappa shape index (κ3) is 4.65. The molecule has 2 aromatic carbocycles. The van der Waals surface area contributed by atoms with Crippen LogP contribution in [0.15, 0.2) is 59.6 Å². The second-order valence-corrected chi connectivity index (χ2v) is 8.06. The van der Waals surface area contributed by atoms with Crippen molar-refractivity contribution in [2.24, 2.45) is 10.4 Å². The van der Waals surface area contributed by atoms with Gasteiger partial charge in [-0.2, -0.15) is 0 Å². The van der Waals surface area contributed by atoms with E-state index in [-0.39, 0.29) is 11.4 Å². The number of fused-ring (bicyclic) bond motifs is 1. The van der Waals surface area contributed by atoms with Crippen LogP contribution in [0.3, 0.4) is 0 Å². The van der Waals surface area contributed by atoms with Gasteiger partial charge in [-0.15, -0.1) is 0 Å². The van der Waals surface area contributed by atoms with Gasteiger partial charge < -0.3 is 14.4 Å². The lowest BCUT2D eigenvalue weighted by atomic mass is 9.80. The van der Waals surface area contributed by atoms with Crippen molar-refractivity contribution in [3.05, 3.63) is 60.2 Å². The zero-order valence-electron chi connectivity index (χ0n) is 17.5. The smallest absolute Gasteiger partial charge is 0.322 e. The molecular formula is C24H29N3O3. The number of amidine groups is 1. The lowest BCUT2D eigenvalue weighted by Crippen LogP contribution is -2.43. The molecule has 2 aromatic rings. The molecule has 0 unspecified atom stereocenters. The Kier molecular flexibility index (Phi) is 6.33. The summed E-state index contributed by atoms with van der Waals surface area (Å²) in [4.78, 5) is 19.1. The van der Waals surface area contributed by atoms with Gasteiger partial charge in [0.15, 0.2) is 0 Å². The van der Waals surface area contributed by atoms with Gasteiger partial charge >= 0.3 is 6.03 Å². The van der Waals surface area contributed by atoms with Crippen LogP contribution in [0.5, 0.6) is 5.75 Å². The fourth-order valence-electron chi connectivity index (χ4n) is 4.36. The summed E-state index contributed by atoms with van der Waals surface area (Å²) in [6.45, 7) is 3.27. The van der Waals surface area contributed by atoms with E-state index >= 15 is 0 Å². The van der Waals surface area contributed by atoms with Gasteiger partial charge in [0.05, 0.1) is 12.8 Å². The van der Waals surface area contributed by atoms with Gasteiger partial charge in [-0.3, -0.25) is 5.32 Å². The highest BCUT2D eigenvalue weighted by molar-refractivity contribution is 6.02. The number of methoxy groups -OCH3 is 1. The van der Waals surface area contributed by atoms with Crippen LogP contribution in [0.25, 0.3) is 0 Å². The van der Waals surface area contributed by atoms with Crippen molar-refractivity contribution in [2.45, 2.75) is 25.7 Å².